The lowest BCUT2D eigenvalue weighted by atomic mass is 9.87. The first-order chi connectivity index (χ1) is 20.5. The van der Waals surface area contributed by atoms with Gasteiger partial charge in [0, 0.05) is 17.9 Å². The molecule has 4 aromatic rings. The van der Waals surface area contributed by atoms with E-state index in [0.717, 1.165) is 27.8 Å². The minimum Gasteiger partial charge on any atom is -0.478 e. The maximum atomic E-state index is 15.3. The van der Waals surface area contributed by atoms with Crippen LogP contribution in [0.5, 0.6) is 0 Å². The SMILES string of the molecule is Cc1cc(Cl)ccc1-c1ccc(NC(=O)[C@H](Cc2ccc(C(=O)O)cc2)c2ccc(C3=CCC(F)(F)CC3)cc2)c(F)c1. The fourth-order valence-corrected chi connectivity index (χ4v) is 5.55. The van der Waals surface area contributed by atoms with Gasteiger partial charge in [0.25, 0.3) is 5.92 Å². The number of hydrogen-bond donors (Lipinski definition) is 2. The zero-order valence-electron chi connectivity index (χ0n) is 23.3. The Hall–Kier alpha value is -4.36. The van der Waals surface area contributed by atoms with E-state index in [1.807, 2.05) is 25.1 Å². The van der Waals surface area contributed by atoms with E-state index in [0.29, 0.717) is 16.1 Å². The molecule has 0 aromatic heterocycles. The highest BCUT2D eigenvalue weighted by atomic mass is 35.5. The number of nitrogens with one attached hydrogen (secondary N) is 1. The highest BCUT2D eigenvalue weighted by molar-refractivity contribution is 6.30. The Morgan fingerprint density at radius 2 is 1.65 bits per heavy atom. The Balaban J connectivity index is 1.41. The first kappa shape index (κ1) is 30.1. The molecule has 1 atom stereocenters. The van der Waals surface area contributed by atoms with Gasteiger partial charge in [0.2, 0.25) is 5.91 Å². The predicted molar refractivity (Wildman–Crippen MR) is 163 cm³/mol. The van der Waals surface area contributed by atoms with Crippen LogP contribution < -0.4 is 5.32 Å². The molecular weight excluding hydrogens is 575 g/mol. The van der Waals surface area contributed by atoms with Gasteiger partial charge in [-0.25, -0.2) is 18.0 Å². The number of carboxylic acids is 1. The van der Waals surface area contributed by atoms with Crippen LogP contribution in [0.15, 0.2) is 91.0 Å². The van der Waals surface area contributed by atoms with Gasteiger partial charge in [-0.05, 0) is 95.1 Å². The summed E-state index contributed by atoms with van der Waals surface area (Å²) in [6.45, 7) is 1.88. The molecule has 0 fully saturated rings. The number of alkyl halides is 2. The minimum atomic E-state index is -2.69. The predicted octanol–water partition coefficient (Wildman–Crippen LogP) is 9.32. The van der Waals surface area contributed by atoms with Gasteiger partial charge in [0.15, 0.2) is 0 Å². The number of rotatable bonds is 8. The quantitative estimate of drug-likeness (QED) is 0.211. The van der Waals surface area contributed by atoms with E-state index in [-0.39, 0.29) is 36.9 Å². The number of halogens is 4. The first-order valence-electron chi connectivity index (χ1n) is 13.9. The fraction of sp³-hybridized carbons (Fsp3) is 0.200. The van der Waals surface area contributed by atoms with Crippen LogP contribution in [0.2, 0.25) is 5.02 Å². The number of allylic oxidation sites excluding steroid dienone is 2. The van der Waals surface area contributed by atoms with Gasteiger partial charge in [-0.1, -0.05) is 66.2 Å². The molecule has 0 saturated heterocycles. The van der Waals surface area contributed by atoms with E-state index >= 15 is 4.39 Å². The Labute approximate surface area is 252 Å². The van der Waals surface area contributed by atoms with Crippen LogP contribution in [0.25, 0.3) is 16.7 Å². The standard InChI is InChI=1S/C35H29ClF3NO3/c1-21-18-28(36)11-12-29(21)27-10-13-32(31(37)20-27)40-33(41)30(19-22-2-4-26(5-3-22)34(42)43)25-8-6-23(7-9-25)24-14-16-35(38,39)17-15-24/h2-14,18,20,30H,15-17,19H2,1H3,(H,40,41)(H,42,43)/t30-/m1/s1. The molecule has 0 bridgehead atoms. The molecule has 1 aliphatic rings. The van der Waals surface area contributed by atoms with Crippen molar-refractivity contribution in [3.63, 3.8) is 0 Å². The van der Waals surface area contributed by atoms with Crippen molar-refractivity contribution in [2.75, 3.05) is 5.32 Å². The molecular formula is C35H29ClF3NO3. The highest BCUT2D eigenvalue weighted by Crippen LogP contribution is 2.37. The van der Waals surface area contributed by atoms with Gasteiger partial charge in [0.05, 0.1) is 17.2 Å². The van der Waals surface area contributed by atoms with Crippen LogP contribution in [0.3, 0.4) is 0 Å². The number of aryl methyl sites for hydroxylation is 1. The van der Waals surface area contributed by atoms with Gasteiger partial charge >= 0.3 is 5.97 Å². The van der Waals surface area contributed by atoms with Crippen molar-refractivity contribution in [3.8, 4) is 11.1 Å². The summed E-state index contributed by atoms with van der Waals surface area (Å²) in [5.74, 6) is -5.53. The van der Waals surface area contributed by atoms with Crippen molar-refractivity contribution in [2.24, 2.45) is 0 Å². The molecule has 1 aliphatic carbocycles. The molecule has 2 N–H and O–H groups in total. The van der Waals surface area contributed by atoms with Crippen molar-refractivity contribution >= 4 is 34.7 Å². The third-order valence-electron chi connectivity index (χ3n) is 7.77. The number of amides is 1. The average molecular weight is 604 g/mol. The Bertz CT molecular complexity index is 1700. The molecule has 0 radical (unpaired) electrons. The van der Waals surface area contributed by atoms with Crippen LogP contribution in [0.1, 0.15) is 57.8 Å². The largest absolute Gasteiger partial charge is 0.478 e. The molecule has 43 heavy (non-hydrogen) atoms. The number of hydrogen-bond acceptors (Lipinski definition) is 2. The van der Waals surface area contributed by atoms with Gasteiger partial charge in [-0.2, -0.15) is 0 Å². The Morgan fingerprint density at radius 3 is 2.26 bits per heavy atom. The molecule has 8 heteroatoms. The fourth-order valence-electron chi connectivity index (χ4n) is 5.32. The number of aromatic carboxylic acids is 1. The first-order valence-corrected chi connectivity index (χ1v) is 14.2. The molecule has 1 amide bonds. The number of benzene rings is 4. The second kappa shape index (κ2) is 12.5. The normalized spacial score (nSPS) is 15.0. The van der Waals surface area contributed by atoms with Crippen LogP contribution in [0, 0.1) is 12.7 Å². The summed E-state index contributed by atoms with van der Waals surface area (Å²) < 4.78 is 42.5. The van der Waals surface area contributed by atoms with E-state index in [4.69, 9.17) is 11.6 Å². The number of carboxylic acid groups (broad SMARTS) is 1. The molecule has 5 rings (SSSR count). The van der Waals surface area contributed by atoms with E-state index in [2.05, 4.69) is 5.32 Å². The summed E-state index contributed by atoms with van der Waals surface area (Å²) in [6, 6.07) is 23.4. The van der Waals surface area contributed by atoms with Gasteiger partial charge in [-0.15, -0.1) is 0 Å². The van der Waals surface area contributed by atoms with E-state index < -0.39 is 29.5 Å². The molecule has 0 heterocycles. The molecule has 4 aromatic carbocycles. The third-order valence-corrected chi connectivity index (χ3v) is 8.01. The monoisotopic (exact) mass is 603 g/mol. The number of carbonyl (C=O) groups is 2. The van der Waals surface area contributed by atoms with Crippen LogP contribution >= 0.6 is 11.6 Å². The van der Waals surface area contributed by atoms with Crippen molar-refractivity contribution in [1.82, 2.24) is 0 Å². The van der Waals surface area contributed by atoms with Gasteiger partial charge in [0.1, 0.15) is 5.82 Å². The second-order valence-electron chi connectivity index (χ2n) is 10.8. The van der Waals surface area contributed by atoms with E-state index in [1.165, 1.54) is 24.3 Å². The maximum absolute atomic E-state index is 15.3. The Morgan fingerprint density at radius 1 is 0.953 bits per heavy atom. The van der Waals surface area contributed by atoms with Crippen molar-refractivity contribution in [2.45, 2.75) is 44.4 Å². The van der Waals surface area contributed by atoms with Crippen molar-refractivity contribution < 1.29 is 27.9 Å². The zero-order valence-corrected chi connectivity index (χ0v) is 24.1. The zero-order chi connectivity index (χ0) is 30.7. The van der Waals surface area contributed by atoms with E-state index in [1.54, 1.807) is 48.5 Å². The lowest BCUT2D eigenvalue weighted by molar-refractivity contribution is -0.117. The lowest BCUT2D eigenvalue weighted by Crippen LogP contribution is -2.23. The Kier molecular flexibility index (Phi) is 8.74. The van der Waals surface area contributed by atoms with Crippen LogP contribution in [0.4, 0.5) is 18.9 Å². The topological polar surface area (TPSA) is 66.4 Å². The summed E-state index contributed by atoms with van der Waals surface area (Å²) in [5.41, 5.74) is 5.52. The summed E-state index contributed by atoms with van der Waals surface area (Å²) in [4.78, 5) is 25.0. The molecule has 220 valence electrons. The lowest BCUT2D eigenvalue weighted by Gasteiger charge is -2.22. The van der Waals surface area contributed by atoms with E-state index in [9.17, 15) is 23.5 Å². The summed E-state index contributed by atoms with van der Waals surface area (Å²) in [7, 11) is 0. The van der Waals surface area contributed by atoms with Gasteiger partial charge in [-0.3, -0.25) is 4.79 Å². The smallest absolute Gasteiger partial charge is 0.335 e. The van der Waals surface area contributed by atoms with Crippen molar-refractivity contribution in [1.29, 1.82) is 0 Å². The second-order valence-corrected chi connectivity index (χ2v) is 11.2. The molecule has 0 aliphatic heterocycles. The highest BCUT2D eigenvalue weighted by Gasteiger charge is 2.31. The molecule has 4 nitrogen and oxygen atoms in total. The minimum absolute atomic E-state index is 0.0245. The van der Waals surface area contributed by atoms with Crippen LogP contribution in [-0.4, -0.2) is 22.9 Å². The van der Waals surface area contributed by atoms with Gasteiger partial charge < -0.3 is 10.4 Å². The molecule has 0 saturated carbocycles. The number of anilines is 1. The maximum Gasteiger partial charge on any atom is 0.335 e. The summed E-state index contributed by atoms with van der Waals surface area (Å²) in [6.07, 6.45) is 1.54. The number of carbonyl (C=O) groups excluding carboxylic acids is 1. The molecule has 0 unspecified atom stereocenters. The average Bonchev–Trinajstić information content (AvgIpc) is 2.97. The summed E-state index contributed by atoms with van der Waals surface area (Å²) >= 11 is 6.06. The van der Waals surface area contributed by atoms with Crippen LogP contribution in [-0.2, 0) is 11.2 Å². The van der Waals surface area contributed by atoms with Crippen molar-refractivity contribution in [3.05, 3.63) is 130 Å². The summed E-state index contributed by atoms with van der Waals surface area (Å²) in [5, 5.41) is 12.6. The third kappa shape index (κ3) is 7.17. The molecule has 0 spiro atoms.